The van der Waals surface area contributed by atoms with E-state index in [4.69, 9.17) is 4.74 Å². The van der Waals surface area contributed by atoms with E-state index < -0.39 is 0 Å². The van der Waals surface area contributed by atoms with Gasteiger partial charge in [0.15, 0.2) is 0 Å². The second-order valence-corrected chi connectivity index (χ2v) is 4.35. The van der Waals surface area contributed by atoms with Crippen LogP contribution in [0.25, 0.3) is 0 Å². The Morgan fingerprint density at radius 2 is 2.12 bits per heavy atom. The summed E-state index contributed by atoms with van der Waals surface area (Å²) in [5.41, 5.74) is 0. The fourth-order valence-electron chi connectivity index (χ4n) is 1.85. The van der Waals surface area contributed by atoms with Crippen molar-refractivity contribution in [3.8, 4) is 0 Å². The Morgan fingerprint density at radius 1 is 1.41 bits per heavy atom. The maximum absolute atomic E-state index is 11.7. The molecule has 5 heteroatoms. The maximum Gasteiger partial charge on any atom is 0.224 e. The lowest BCUT2D eigenvalue weighted by atomic mass is 10.3. The van der Waals surface area contributed by atoms with E-state index in [-0.39, 0.29) is 5.91 Å². The van der Waals surface area contributed by atoms with Gasteiger partial charge in [0.05, 0.1) is 13.0 Å². The molecule has 1 saturated heterocycles. The van der Waals surface area contributed by atoms with Crippen LogP contribution in [0, 0.1) is 0 Å². The molecule has 1 heterocycles. The van der Waals surface area contributed by atoms with Gasteiger partial charge < -0.3 is 15.0 Å². The Balaban J connectivity index is 2.10. The molecule has 1 aliphatic rings. The third-order valence-electron chi connectivity index (χ3n) is 3.05. The van der Waals surface area contributed by atoms with Crippen molar-refractivity contribution in [1.82, 2.24) is 15.1 Å². The van der Waals surface area contributed by atoms with Crippen molar-refractivity contribution >= 4 is 5.91 Å². The smallest absolute Gasteiger partial charge is 0.224 e. The first-order chi connectivity index (χ1) is 8.24. The minimum atomic E-state index is 0.175. The second kappa shape index (κ2) is 8.44. The Morgan fingerprint density at radius 3 is 2.76 bits per heavy atom. The number of piperazine rings is 1. The van der Waals surface area contributed by atoms with Crippen molar-refractivity contribution < 1.29 is 9.53 Å². The molecule has 1 fully saturated rings. The number of carbonyl (C=O) groups excluding carboxylic acids is 1. The molecule has 0 spiro atoms. The summed E-state index contributed by atoms with van der Waals surface area (Å²) >= 11 is 0. The van der Waals surface area contributed by atoms with Crippen molar-refractivity contribution in [2.45, 2.75) is 13.3 Å². The second-order valence-electron chi connectivity index (χ2n) is 4.35. The van der Waals surface area contributed by atoms with Gasteiger partial charge in [-0.15, -0.1) is 0 Å². The monoisotopic (exact) mass is 243 g/mol. The van der Waals surface area contributed by atoms with Crippen LogP contribution in [-0.4, -0.2) is 75.2 Å². The van der Waals surface area contributed by atoms with Gasteiger partial charge >= 0.3 is 0 Å². The summed E-state index contributed by atoms with van der Waals surface area (Å²) in [5.74, 6) is 0.175. The van der Waals surface area contributed by atoms with Gasteiger partial charge in [0, 0.05) is 52.9 Å². The number of ether oxygens (including phenoxy) is 1. The zero-order valence-electron chi connectivity index (χ0n) is 11.1. The van der Waals surface area contributed by atoms with Gasteiger partial charge in [-0.3, -0.25) is 9.69 Å². The van der Waals surface area contributed by atoms with E-state index in [9.17, 15) is 4.79 Å². The lowest BCUT2D eigenvalue weighted by molar-refractivity contribution is -0.131. The number of nitrogens with zero attached hydrogens (tertiary/aromatic N) is 2. The highest BCUT2D eigenvalue weighted by atomic mass is 16.5. The Kier molecular flexibility index (Phi) is 7.16. The normalized spacial score (nSPS) is 17.1. The predicted molar refractivity (Wildman–Crippen MR) is 68.1 cm³/mol. The predicted octanol–water partition coefficient (Wildman–Crippen LogP) is -0.223. The molecule has 5 nitrogen and oxygen atoms in total. The summed E-state index contributed by atoms with van der Waals surface area (Å²) < 4.78 is 5.18. The van der Waals surface area contributed by atoms with Gasteiger partial charge in [-0.05, 0) is 6.92 Å². The molecule has 17 heavy (non-hydrogen) atoms. The molecule has 0 aromatic heterocycles. The molecule has 0 aromatic carbocycles. The average molecular weight is 243 g/mol. The van der Waals surface area contributed by atoms with Crippen LogP contribution < -0.4 is 5.32 Å². The molecule has 0 radical (unpaired) electrons. The van der Waals surface area contributed by atoms with E-state index in [1.807, 2.05) is 14.0 Å². The summed E-state index contributed by atoms with van der Waals surface area (Å²) in [7, 11) is 1.87. The van der Waals surface area contributed by atoms with Gasteiger partial charge in [-0.1, -0.05) is 0 Å². The van der Waals surface area contributed by atoms with Crippen molar-refractivity contribution in [2.24, 2.45) is 0 Å². The van der Waals surface area contributed by atoms with Crippen molar-refractivity contribution in [2.75, 3.05) is 59.5 Å². The first-order valence-corrected chi connectivity index (χ1v) is 6.48. The lowest BCUT2D eigenvalue weighted by Gasteiger charge is -2.29. The van der Waals surface area contributed by atoms with Gasteiger partial charge in [0.1, 0.15) is 0 Å². The average Bonchev–Trinajstić information content (AvgIpc) is 2.37. The minimum absolute atomic E-state index is 0.175. The number of likely N-dealkylation sites (N-methyl/N-ethyl adjacent to an activating group) is 1. The molecule has 0 bridgehead atoms. The topological polar surface area (TPSA) is 44.8 Å². The van der Waals surface area contributed by atoms with Crippen LogP contribution in [0.3, 0.4) is 0 Å². The Hall–Kier alpha value is -0.650. The third-order valence-corrected chi connectivity index (χ3v) is 3.05. The van der Waals surface area contributed by atoms with Crippen LogP contribution >= 0.6 is 0 Å². The minimum Gasteiger partial charge on any atom is -0.381 e. The summed E-state index contributed by atoms with van der Waals surface area (Å²) in [6.07, 6.45) is 0.492. The van der Waals surface area contributed by atoms with E-state index in [1.165, 1.54) is 0 Å². The van der Waals surface area contributed by atoms with Crippen LogP contribution in [0.2, 0.25) is 0 Å². The summed E-state index contributed by atoms with van der Waals surface area (Å²) in [6, 6.07) is 0. The largest absolute Gasteiger partial charge is 0.381 e. The van der Waals surface area contributed by atoms with Crippen LogP contribution in [-0.2, 0) is 9.53 Å². The highest BCUT2D eigenvalue weighted by Gasteiger charge is 2.12. The van der Waals surface area contributed by atoms with E-state index >= 15 is 0 Å². The zero-order valence-corrected chi connectivity index (χ0v) is 11.1. The van der Waals surface area contributed by atoms with Crippen LogP contribution in [0.4, 0.5) is 0 Å². The highest BCUT2D eigenvalue weighted by molar-refractivity contribution is 5.75. The van der Waals surface area contributed by atoms with E-state index in [1.54, 1.807) is 4.90 Å². The van der Waals surface area contributed by atoms with Crippen molar-refractivity contribution in [1.29, 1.82) is 0 Å². The SMILES string of the molecule is CCOCCC(=O)N(C)CCN1CCNCC1. The highest BCUT2D eigenvalue weighted by Crippen LogP contribution is 1.96. The van der Waals surface area contributed by atoms with Crippen LogP contribution in [0.1, 0.15) is 13.3 Å². The van der Waals surface area contributed by atoms with Crippen LogP contribution in [0.5, 0.6) is 0 Å². The summed E-state index contributed by atoms with van der Waals surface area (Å²) in [6.45, 7) is 9.22. The van der Waals surface area contributed by atoms with Crippen molar-refractivity contribution in [3.05, 3.63) is 0 Å². The molecule has 1 rings (SSSR count). The number of hydrogen-bond acceptors (Lipinski definition) is 4. The fourth-order valence-corrected chi connectivity index (χ4v) is 1.85. The zero-order chi connectivity index (χ0) is 12.5. The fraction of sp³-hybridized carbons (Fsp3) is 0.917. The lowest BCUT2D eigenvalue weighted by Crippen LogP contribution is -2.46. The molecule has 100 valence electrons. The Bertz CT molecular complexity index is 218. The molecule has 0 atom stereocenters. The number of carbonyl (C=O) groups is 1. The molecule has 1 amide bonds. The number of rotatable bonds is 7. The molecular formula is C12H25N3O2. The molecule has 0 unspecified atom stereocenters. The quantitative estimate of drug-likeness (QED) is 0.628. The van der Waals surface area contributed by atoms with Gasteiger partial charge in [-0.2, -0.15) is 0 Å². The van der Waals surface area contributed by atoms with E-state index in [0.717, 1.165) is 39.3 Å². The summed E-state index contributed by atoms with van der Waals surface area (Å²) in [4.78, 5) is 15.9. The molecule has 1 aliphatic heterocycles. The van der Waals surface area contributed by atoms with Crippen molar-refractivity contribution in [3.63, 3.8) is 0 Å². The summed E-state index contributed by atoms with van der Waals surface area (Å²) in [5, 5.41) is 3.32. The number of hydrogen-bond donors (Lipinski definition) is 1. The van der Waals surface area contributed by atoms with E-state index in [0.29, 0.717) is 19.6 Å². The van der Waals surface area contributed by atoms with Gasteiger partial charge in [0.25, 0.3) is 0 Å². The molecule has 0 aromatic rings. The number of amides is 1. The standard InChI is InChI=1S/C12H25N3O2/c1-3-17-11-4-12(16)14(2)9-10-15-7-5-13-6-8-15/h13H,3-11H2,1-2H3. The van der Waals surface area contributed by atoms with E-state index in [2.05, 4.69) is 10.2 Å². The molecule has 0 saturated carbocycles. The maximum atomic E-state index is 11.7. The first kappa shape index (κ1) is 14.4. The van der Waals surface area contributed by atoms with Gasteiger partial charge in [-0.25, -0.2) is 0 Å². The van der Waals surface area contributed by atoms with Crippen LogP contribution in [0.15, 0.2) is 0 Å². The first-order valence-electron chi connectivity index (χ1n) is 6.48. The molecule has 1 N–H and O–H groups in total. The molecular weight excluding hydrogens is 218 g/mol. The molecule has 0 aliphatic carbocycles. The Labute approximate surface area is 104 Å². The van der Waals surface area contributed by atoms with Gasteiger partial charge in [0.2, 0.25) is 5.91 Å². The number of nitrogens with one attached hydrogen (secondary N) is 1. The third kappa shape index (κ3) is 6.00.